The van der Waals surface area contributed by atoms with Gasteiger partial charge in [-0.05, 0) is 42.3 Å². The predicted molar refractivity (Wildman–Crippen MR) is 125 cm³/mol. The Morgan fingerprint density at radius 3 is 2.44 bits per heavy atom. The van der Waals surface area contributed by atoms with Crippen LogP contribution in [0.4, 0.5) is 0 Å². The molecule has 0 spiro atoms. The lowest BCUT2D eigenvalue weighted by Gasteiger charge is -2.30. The molecule has 1 aliphatic heterocycles. The van der Waals surface area contributed by atoms with E-state index in [1.165, 1.54) is 0 Å². The van der Waals surface area contributed by atoms with Crippen molar-refractivity contribution in [2.24, 2.45) is 0 Å². The second kappa shape index (κ2) is 10.9. The molecule has 7 nitrogen and oxygen atoms in total. The molecule has 0 saturated carbocycles. The van der Waals surface area contributed by atoms with Gasteiger partial charge in [0.2, 0.25) is 0 Å². The van der Waals surface area contributed by atoms with Crippen molar-refractivity contribution in [3.05, 3.63) is 52.0 Å². The average Bonchev–Trinajstić information content (AvgIpc) is 3.12. The molecule has 0 amide bonds. The highest BCUT2D eigenvalue weighted by Crippen LogP contribution is 2.30. The Labute approximate surface area is 198 Å². The zero-order chi connectivity index (χ0) is 23.3. The van der Waals surface area contributed by atoms with Crippen LogP contribution in [0.1, 0.15) is 12.0 Å². The van der Waals surface area contributed by atoms with Gasteiger partial charge in [-0.2, -0.15) is 0 Å². The lowest BCUT2D eigenvalue weighted by Crippen LogP contribution is -2.42. The van der Waals surface area contributed by atoms with E-state index in [-0.39, 0.29) is 30.7 Å². The fourth-order valence-corrected chi connectivity index (χ4v) is 5.95. The highest BCUT2D eigenvalue weighted by atomic mass is 35.5. The van der Waals surface area contributed by atoms with E-state index in [0.717, 1.165) is 5.56 Å². The van der Waals surface area contributed by atoms with Crippen LogP contribution in [0.25, 0.3) is 0 Å². The van der Waals surface area contributed by atoms with Crippen LogP contribution in [-0.2, 0) is 16.4 Å². The van der Waals surface area contributed by atoms with Crippen LogP contribution >= 0.6 is 23.2 Å². The summed E-state index contributed by atoms with van der Waals surface area (Å²) in [6.07, 6.45) is -0.336. The fourth-order valence-electron chi connectivity index (χ4n) is 3.72. The number of benzene rings is 2. The van der Waals surface area contributed by atoms with E-state index < -0.39 is 15.9 Å². The minimum atomic E-state index is -3.09. The first kappa shape index (κ1) is 24.9. The first-order chi connectivity index (χ1) is 15.2. The number of sulfone groups is 1. The van der Waals surface area contributed by atoms with Crippen molar-refractivity contribution >= 4 is 33.0 Å². The molecule has 0 radical (unpaired) electrons. The second-order valence-corrected chi connectivity index (χ2v) is 10.8. The molecule has 1 fully saturated rings. The molecule has 3 rings (SSSR count). The van der Waals surface area contributed by atoms with E-state index in [2.05, 4.69) is 0 Å². The molecular formula is C22H27Cl2NO6S. The van der Waals surface area contributed by atoms with Crippen LogP contribution < -0.4 is 14.2 Å². The smallest absolute Gasteiger partial charge is 0.161 e. The molecule has 1 aliphatic rings. The number of ether oxygens (including phenoxy) is 3. The van der Waals surface area contributed by atoms with Crippen molar-refractivity contribution in [1.29, 1.82) is 0 Å². The third kappa shape index (κ3) is 6.65. The van der Waals surface area contributed by atoms with Gasteiger partial charge >= 0.3 is 0 Å². The van der Waals surface area contributed by atoms with Crippen molar-refractivity contribution in [3.63, 3.8) is 0 Å². The number of methoxy groups -OCH3 is 2. The van der Waals surface area contributed by atoms with Crippen molar-refractivity contribution in [2.45, 2.75) is 25.1 Å². The summed E-state index contributed by atoms with van der Waals surface area (Å²) in [7, 11) is 0.0412. The summed E-state index contributed by atoms with van der Waals surface area (Å²) in [4.78, 5) is 1.98. The summed E-state index contributed by atoms with van der Waals surface area (Å²) in [5.41, 5.74) is 0.917. The SMILES string of the molecule is COc1ccc(CN(CC(O)COc2ccc(Cl)cc2Cl)C2CCS(=O)(=O)C2)cc1OC. The molecule has 32 heavy (non-hydrogen) atoms. The van der Waals surface area contributed by atoms with Crippen molar-refractivity contribution in [3.8, 4) is 17.2 Å². The molecule has 1 heterocycles. The van der Waals surface area contributed by atoms with Gasteiger partial charge in [0.05, 0.1) is 30.7 Å². The Balaban J connectivity index is 1.71. The first-order valence-electron chi connectivity index (χ1n) is 10.1. The van der Waals surface area contributed by atoms with Gasteiger partial charge in [0.1, 0.15) is 18.5 Å². The van der Waals surface area contributed by atoms with Crippen molar-refractivity contribution < 1.29 is 27.7 Å². The number of aliphatic hydroxyl groups excluding tert-OH is 1. The molecule has 2 atom stereocenters. The number of hydrogen-bond donors (Lipinski definition) is 1. The number of aliphatic hydroxyl groups is 1. The zero-order valence-corrected chi connectivity index (χ0v) is 20.3. The molecule has 0 aliphatic carbocycles. The molecule has 2 aromatic carbocycles. The van der Waals surface area contributed by atoms with Gasteiger partial charge < -0.3 is 19.3 Å². The molecule has 0 bridgehead atoms. The maximum atomic E-state index is 12.1. The molecule has 2 aromatic rings. The Morgan fingerprint density at radius 1 is 1.09 bits per heavy atom. The lowest BCUT2D eigenvalue weighted by atomic mass is 10.1. The van der Waals surface area contributed by atoms with Crippen LogP contribution in [0.15, 0.2) is 36.4 Å². The standard InChI is InChI=1S/C22H27Cl2NO6S/c1-29-21-5-3-15(9-22(21)30-2)11-25(17-7-8-32(27,28)14-17)12-18(26)13-31-20-6-4-16(23)10-19(20)24/h3-6,9-10,17-18,26H,7-8,11-14H2,1-2H3. The molecule has 10 heteroatoms. The van der Waals surface area contributed by atoms with Gasteiger partial charge in [-0.3, -0.25) is 4.90 Å². The fraction of sp³-hybridized carbons (Fsp3) is 0.455. The summed E-state index contributed by atoms with van der Waals surface area (Å²) < 4.78 is 40.4. The summed E-state index contributed by atoms with van der Waals surface area (Å²) in [5.74, 6) is 1.83. The third-order valence-corrected chi connectivity index (χ3v) is 7.61. The highest BCUT2D eigenvalue weighted by molar-refractivity contribution is 7.91. The van der Waals surface area contributed by atoms with Crippen LogP contribution in [0.2, 0.25) is 10.0 Å². The summed E-state index contributed by atoms with van der Waals surface area (Å²) in [5, 5.41) is 11.5. The maximum absolute atomic E-state index is 12.1. The first-order valence-corrected chi connectivity index (χ1v) is 12.7. The quantitative estimate of drug-likeness (QED) is 0.531. The molecular weight excluding hydrogens is 477 g/mol. The number of halogens is 2. The average molecular weight is 504 g/mol. The summed E-state index contributed by atoms with van der Waals surface area (Å²) >= 11 is 12.0. The minimum Gasteiger partial charge on any atom is -0.493 e. The monoisotopic (exact) mass is 503 g/mol. The summed E-state index contributed by atoms with van der Waals surface area (Å²) in [6.45, 7) is 0.683. The van der Waals surface area contributed by atoms with E-state index >= 15 is 0 Å². The van der Waals surface area contributed by atoms with E-state index in [1.54, 1.807) is 38.5 Å². The minimum absolute atomic E-state index is 0.00323. The Morgan fingerprint density at radius 2 is 1.81 bits per heavy atom. The highest BCUT2D eigenvalue weighted by Gasteiger charge is 2.33. The largest absolute Gasteiger partial charge is 0.493 e. The van der Waals surface area contributed by atoms with E-state index in [9.17, 15) is 13.5 Å². The van der Waals surface area contributed by atoms with Crippen LogP contribution in [0, 0.1) is 0 Å². The Kier molecular flexibility index (Phi) is 8.52. The van der Waals surface area contributed by atoms with Gasteiger partial charge in [-0.25, -0.2) is 8.42 Å². The number of hydrogen-bond acceptors (Lipinski definition) is 7. The number of rotatable bonds is 10. The lowest BCUT2D eigenvalue weighted by molar-refractivity contribution is 0.0525. The zero-order valence-electron chi connectivity index (χ0n) is 18.0. The predicted octanol–water partition coefficient (Wildman–Crippen LogP) is 3.44. The molecule has 2 unspecified atom stereocenters. The molecule has 0 aromatic heterocycles. The van der Waals surface area contributed by atoms with Crippen molar-refractivity contribution in [2.75, 3.05) is 38.9 Å². The van der Waals surface area contributed by atoms with E-state index in [0.29, 0.717) is 40.3 Å². The van der Waals surface area contributed by atoms with Gasteiger partial charge in [-0.15, -0.1) is 0 Å². The van der Waals surface area contributed by atoms with E-state index in [4.69, 9.17) is 37.4 Å². The Hall–Kier alpha value is -1.71. The van der Waals surface area contributed by atoms with Gasteiger partial charge in [0, 0.05) is 24.2 Å². The normalized spacial score (nSPS) is 18.5. The van der Waals surface area contributed by atoms with Gasteiger partial charge in [-0.1, -0.05) is 29.3 Å². The maximum Gasteiger partial charge on any atom is 0.161 e. The second-order valence-electron chi connectivity index (χ2n) is 7.72. The van der Waals surface area contributed by atoms with Crippen LogP contribution in [0.5, 0.6) is 17.2 Å². The van der Waals surface area contributed by atoms with Crippen LogP contribution in [0.3, 0.4) is 0 Å². The van der Waals surface area contributed by atoms with Gasteiger partial charge in [0.15, 0.2) is 21.3 Å². The number of nitrogens with zero attached hydrogens (tertiary/aromatic N) is 1. The molecule has 1 saturated heterocycles. The van der Waals surface area contributed by atoms with Gasteiger partial charge in [0.25, 0.3) is 0 Å². The molecule has 176 valence electrons. The summed E-state index contributed by atoms with van der Waals surface area (Å²) in [6, 6.07) is 10.2. The van der Waals surface area contributed by atoms with Crippen molar-refractivity contribution in [1.82, 2.24) is 4.90 Å². The Bertz CT molecular complexity index is 1030. The topological polar surface area (TPSA) is 85.3 Å². The van der Waals surface area contributed by atoms with E-state index in [1.807, 2.05) is 17.0 Å². The molecule has 1 N–H and O–H groups in total. The third-order valence-electron chi connectivity index (χ3n) is 5.33. The van der Waals surface area contributed by atoms with Crippen LogP contribution in [-0.4, -0.2) is 69.4 Å².